The number of furan rings is 1. The van der Waals surface area contributed by atoms with Gasteiger partial charge in [0, 0.05) is 48.3 Å². The Kier molecular flexibility index (Phi) is 6.49. The van der Waals surface area contributed by atoms with Crippen LogP contribution in [0.5, 0.6) is 0 Å². The lowest BCUT2D eigenvalue weighted by atomic mass is 10.1. The van der Waals surface area contributed by atoms with Crippen molar-refractivity contribution in [3.63, 3.8) is 0 Å². The van der Waals surface area contributed by atoms with Crippen LogP contribution in [0.2, 0.25) is 0 Å². The average Bonchev–Trinajstić information content (AvgIpc) is 3.32. The quantitative estimate of drug-likeness (QED) is 0.379. The van der Waals surface area contributed by atoms with E-state index in [0.29, 0.717) is 37.9 Å². The number of hydrogen-bond donors (Lipinski definition) is 1. The lowest BCUT2D eigenvalue weighted by Crippen LogP contribution is -2.35. The van der Waals surface area contributed by atoms with Crippen molar-refractivity contribution in [2.45, 2.75) is 32.7 Å². The van der Waals surface area contributed by atoms with E-state index in [1.807, 2.05) is 96.8 Å². The van der Waals surface area contributed by atoms with E-state index in [1.54, 1.807) is 0 Å². The number of carbonyl (C=O) groups excluding carboxylic acids is 2. The van der Waals surface area contributed by atoms with E-state index in [4.69, 9.17) is 4.42 Å². The molecule has 0 aliphatic carbocycles. The number of amides is 2. The van der Waals surface area contributed by atoms with Crippen LogP contribution in [0.25, 0.3) is 11.3 Å². The minimum atomic E-state index is -0.0185. The second-order valence-electron chi connectivity index (χ2n) is 9.02. The third-order valence-corrected chi connectivity index (χ3v) is 6.37. The average molecular weight is 465 g/mol. The fourth-order valence-corrected chi connectivity index (χ4v) is 4.40. The summed E-state index contributed by atoms with van der Waals surface area (Å²) in [5.41, 5.74) is 5.66. The first-order valence-electron chi connectivity index (χ1n) is 12.0. The Morgan fingerprint density at radius 2 is 1.74 bits per heavy atom. The first kappa shape index (κ1) is 22.7. The molecular formula is C30H28N2O3. The second-order valence-corrected chi connectivity index (χ2v) is 9.02. The van der Waals surface area contributed by atoms with Gasteiger partial charge in [-0.15, -0.1) is 0 Å². The number of fused-ring (bicyclic) bond motifs is 1. The minimum Gasteiger partial charge on any atom is -0.461 e. The molecule has 0 unspecified atom stereocenters. The smallest absolute Gasteiger partial charge is 0.254 e. The standard InChI is InChI=1S/C30H28N2O3/c1-21-10-13-23(14-11-21)30(34)32-17-16-27-25(20-32)19-28(35-27)24-8-5-9-26(18-24)31-29(33)15-12-22-6-3-2-4-7-22/h2-11,13-14,18-19H,12,15-17,20H2,1H3,(H,31,33). The van der Waals surface area contributed by atoms with Gasteiger partial charge < -0.3 is 14.6 Å². The van der Waals surface area contributed by atoms with Crippen molar-refractivity contribution in [1.82, 2.24) is 4.90 Å². The van der Waals surface area contributed by atoms with Crippen LogP contribution in [0.1, 0.15) is 39.2 Å². The summed E-state index contributed by atoms with van der Waals surface area (Å²) in [6.45, 7) is 3.17. The second kappa shape index (κ2) is 10.0. The molecule has 5 nitrogen and oxygen atoms in total. The van der Waals surface area contributed by atoms with E-state index in [9.17, 15) is 9.59 Å². The molecule has 5 heteroatoms. The van der Waals surface area contributed by atoms with Crippen molar-refractivity contribution in [3.8, 4) is 11.3 Å². The number of carbonyl (C=O) groups is 2. The summed E-state index contributed by atoms with van der Waals surface area (Å²) in [7, 11) is 0. The maximum Gasteiger partial charge on any atom is 0.254 e. The monoisotopic (exact) mass is 464 g/mol. The zero-order valence-electron chi connectivity index (χ0n) is 19.8. The zero-order chi connectivity index (χ0) is 24.2. The molecule has 4 aromatic rings. The molecule has 35 heavy (non-hydrogen) atoms. The topological polar surface area (TPSA) is 62.6 Å². The highest BCUT2D eigenvalue weighted by Gasteiger charge is 2.25. The van der Waals surface area contributed by atoms with Crippen LogP contribution in [0.3, 0.4) is 0 Å². The molecule has 1 aromatic heterocycles. The minimum absolute atomic E-state index is 0.0185. The number of hydrogen-bond acceptors (Lipinski definition) is 3. The molecular weight excluding hydrogens is 436 g/mol. The Bertz CT molecular complexity index is 1340. The van der Waals surface area contributed by atoms with Gasteiger partial charge in [-0.2, -0.15) is 0 Å². The number of aryl methyl sites for hydroxylation is 2. The Labute approximate surface area is 205 Å². The van der Waals surface area contributed by atoms with Crippen LogP contribution in [0, 0.1) is 6.92 Å². The Morgan fingerprint density at radius 3 is 2.54 bits per heavy atom. The number of anilines is 1. The third kappa shape index (κ3) is 5.35. The van der Waals surface area contributed by atoms with Crippen LogP contribution in [-0.2, 0) is 24.2 Å². The normalized spacial score (nSPS) is 12.8. The highest BCUT2D eigenvalue weighted by atomic mass is 16.3. The summed E-state index contributed by atoms with van der Waals surface area (Å²) in [5.74, 6) is 1.69. The van der Waals surface area contributed by atoms with Crippen LogP contribution in [-0.4, -0.2) is 23.3 Å². The summed E-state index contributed by atoms with van der Waals surface area (Å²) in [4.78, 5) is 27.3. The molecule has 5 rings (SSSR count). The predicted octanol–water partition coefficient (Wildman–Crippen LogP) is 6.02. The third-order valence-electron chi connectivity index (χ3n) is 6.37. The van der Waals surface area contributed by atoms with E-state index < -0.39 is 0 Å². The van der Waals surface area contributed by atoms with Gasteiger partial charge in [-0.3, -0.25) is 9.59 Å². The molecule has 1 aliphatic heterocycles. The molecule has 0 fully saturated rings. The van der Waals surface area contributed by atoms with Crippen molar-refractivity contribution in [2.24, 2.45) is 0 Å². The maximum absolute atomic E-state index is 12.9. The SMILES string of the molecule is Cc1ccc(C(=O)N2CCc3oc(-c4cccc(NC(=O)CCc5ccccc5)c4)cc3C2)cc1. The lowest BCUT2D eigenvalue weighted by Gasteiger charge is -2.26. The van der Waals surface area contributed by atoms with E-state index in [1.165, 1.54) is 0 Å². The maximum atomic E-state index is 12.9. The first-order valence-corrected chi connectivity index (χ1v) is 12.0. The van der Waals surface area contributed by atoms with E-state index >= 15 is 0 Å². The van der Waals surface area contributed by atoms with Gasteiger partial charge in [-0.25, -0.2) is 0 Å². The molecule has 3 aromatic carbocycles. The predicted molar refractivity (Wildman–Crippen MR) is 137 cm³/mol. The fourth-order valence-electron chi connectivity index (χ4n) is 4.40. The van der Waals surface area contributed by atoms with Crippen molar-refractivity contribution in [2.75, 3.05) is 11.9 Å². The van der Waals surface area contributed by atoms with Gasteiger partial charge >= 0.3 is 0 Å². The van der Waals surface area contributed by atoms with E-state index in [-0.39, 0.29) is 11.8 Å². The fraction of sp³-hybridized carbons (Fsp3) is 0.200. The number of nitrogens with one attached hydrogen (secondary N) is 1. The van der Waals surface area contributed by atoms with E-state index in [2.05, 4.69) is 5.32 Å². The molecule has 176 valence electrons. The van der Waals surface area contributed by atoms with Crippen LogP contribution < -0.4 is 5.32 Å². The number of nitrogens with zero attached hydrogens (tertiary/aromatic N) is 1. The molecule has 1 aliphatic rings. The summed E-state index contributed by atoms with van der Waals surface area (Å²) in [6.07, 6.45) is 1.81. The zero-order valence-corrected chi connectivity index (χ0v) is 19.8. The Morgan fingerprint density at radius 1 is 0.943 bits per heavy atom. The Hall–Kier alpha value is -4.12. The molecule has 0 saturated heterocycles. The summed E-state index contributed by atoms with van der Waals surface area (Å²) < 4.78 is 6.16. The molecule has 0 atom stereocenters. The Balaban J connectivity index is 1.25. The van der Waals surface area contributed by atoms with Gasteiger partial charge in [0.25, 0.3) is 5.91 Å². The number of benzene rings is 3. The lowest BCUT2D eigenvalue weighted by molar-refractivity contribution is -0.116. The van der Waals surface area contributed by atoms with Crippen LogP contribution in [0.4, 0.5) is 5.69 Å². The highest BCUT2D eigenvalue weighted by Crippen LogP contribution is 2.31. The summed E-state index contributed by atoms with van der Waals surface area (Å²) >= 11 is 0. The first-order chi connectivity index (χ1) is 17.0. The molecule has 2 heterocycles. The largest absolute Gasteiger partial charge is 0.461 e. The summed E-state index contributed by atoms with van der Waals surface area (Å²) in [5, 5.41) is 2.99. The van der Waals surface area contributed by atoms with Gasteiger partial charge in [-0.1, -0.05) is 60.2 Å². The number of rotatable bonds is 6. The van der Waals surface area contributed by atoms with E-state index in [0.717, 1.165) is 39.5 Å². The van der Waals surface area contributed by atoms with Crippen LogP contribution in [0.15, 0.2) is 89.3 Å². The van der Waals surface area contributed by atoms with Gasteiger partial charge in [0.05, 0.1) is 0 Å². The molecule has 0 spiro atoms. The van der Waals surface area contributed by atoms with Crippen molar-refractivity contribution in [3.05, 3.63) is 113 Å². The van der Waals surface area contributed by atoms with Gasteiger partial charge in [-0.05, 0) is 49.2 Å². The van der Waals surface area contributed by atoms with Gasteiger partial charge in [0.15, 0.2) is 0 Å². The molecule has 2 amide bonds. The molecule has 0 bridgehead atoms. The van der Waals surface area contributed by atoms with Gasteiger partial charge in [0.1, 0.15) is 11.5 Å². The molecule has 0 saturated carbocycles. The van der Waals surface area contributed by atoms with Crippen molar-refractivity contribution >= 4 is 17.5 Å². The summed E-state index contributed by atoms with van der Waals surface area (Å²) in [6, 6.07) is 27.4. The molecule has 0 radical (unpaired) electrons. The van der Waals surface area contributed by atoms with Crippen LogP contribution >= 0.6 is 0 Å². The van der Waals surface area contributed by atoms with Crippen molar-refractivity contribution in [1.29, 1.82) is 0 Å². The molecule has 1 N–H and O–H groups in total. The highest BCUT2D eigenvalue weighted by molar-refractivity contribution is 5.94. The van der Waals surface area contributed by atoms with Crippen molar-refractivity contribution < 1.29 is 14.0 Å². The van der Waals surface area contributed by atoms with Gasteiger partial charge in [0.2, 0.25) is 5.91 Å².